The molecule has 3 N–H and O–H groups in total. The number of rotatable bonds is 2. The second-order valence-corrected chi connectivity index (χ2v) is 4.05. The molecule has 0 aromatic carbocycles. The fourth-order valence-corrected chi connectivity index (χ4v) is 2.10. The predicted octanol–water partition coefficient (Wildman–Crippen LogP) is 1.41. The van der Waals surface area contributed by atoms with E-state index in [4.69, 9.17) is 10.8 Å². The number of aromatic nitrogens is 1. The molecule has 0 bridgehead atoms. The van der Waals surface area contributed by atoms with Gasteiger partial charge < -0.3 is 10.8 Å². The summed E-state index contributed by atoms with van der Waals surface area (Å²) < 4.78 is 0.477. The molecule has 5 heteroatoms. The van der Waals surface area contributed by atoms with E-state index in [2.05, 4.69) is 20.9 Å². The highest BCUT2D eigenvalue weighted by Crippen LogP contribution is 2.27. The normalized spacial score (nSPS) is 14.9. The molecule has 0 radical (unpaired) electrons. The lowest BCUT2D eigenvalue weighted by atomic mass is 9.91. The highest BCUT2D eigenvalue weighted by molar-refractivity contribution is 9.10. The van der Waals surface area contributed by atoms with Gasteiger partial charge in [-0.3, -0.25) is 0 Å². The fourth-order valence-electron chi connectivity index (χ4n) is 1.26. The number of carboxylic acid groups (broad SMARTS) is 1. The van der Waals surface area contributed by atoms with Crippen LogP contribution < -0.4 is 5.73 Å². The molecule has 1 atom stereocenters. The highest BCUT2D eigenvalue weighted by Gasteiger charge is 2.34. The number of aliphatic carboxylic acids is 1. The van der Waals surface area contributed by atoms with Crippen molar-refractivity contribution < 1.29 is 9.90 Å². The van der Waals surface area contributed by atoms with E-state index >= 15 is 0 Å². The molecule has 1 rings (SSSR count). The van der Waals surface area contributed by atoms with Crippen molar-refractivity contribution in [3.05, 3.63) is 28.0 Å². The number of pyridine rings is 1. The first kappa shape index (κ1) is 11.1. The van der Waals surface area contributed by atoms with Crippen molar-refractivity contribution in [2.45, 2.75) is 19.4 Å². The van der Waals surface area contributed by atoms with Crippen LogP contribution in [-0.2, 0) is 10.3 Å². The van der Waals surface area contributed by atoms with Crippen LogP contribution >= 0.6 is 15.9 Å². The summed E-state index contributed by atoms with van der Waals surface area (Å²) in [6, 6.07) is 1.73. The van der Waals surface area contributed by atoms with Crippen molar-refractivity contribution in [1.82, 2.24) is 4.98 Å². The van der Waals surface area contributed by atoms with E-state index in [0.29, 0.717) is 10.2 Å². The van der Waals surface area contributed by atoms with Crippen LogP contribution in [0, 0.1) is 6.92 Å². The summed E-state index contributed by atoms with van der Waals surface area (Å²) in [5.74, 6) is -1.07. The SMILES string of the molecule is Cc1ccnc(Br)c1[C@@](C)(N)C(=O)O. The number of hydrogen-bond acceptors (Lipinski definition) is 3. The standard InChI is InChI=1S/C9H11BrN2O2/c1-5-3-4-12-7(10)6(5)9(2,11)8(13)14/h3-4H,11H2,1-2H3,(H,13,14)/t9-/m1/s1. The molecule has 1 heterocycles. The Labute approximate surface area is 90.3 Å². The van der Waals surface area contributed by atoms with E-state index in [0.717, 1.165) is 5.56 Å². The monoisotopic (exact) mass is 258 g/mol. The second-order valence-electron chi connectivity index (χ2n) is 3.30. The molecule has 0 spiro atoms. The van der Waals surface area contributed by atoms with Gasteiger partial charge in [-0.15, -0.1) is 0 Å². The molecule has 0 amide bonds. The van der Waals surface area contributed by atoms with Crippen LogP contribution in [0.3, 0.4) is 0 Å². The highest BCUT2D eigenvalue weighted by atomic mass is 79.9. The molecular formula is C9H11BrN2O2. The number of nitrogens with two attached hydrogens (primary N) is 1. The minimum absolute atomic E-state index is 0.477. The lowest BCUT2D eigenvalue weighted by Crippen LogP contribution is -2.42. The van der Waals surface area contributed by atoms with Gasteiger partial charge in [-0.25, -0.2) is 9.78 Å². The van der Waals surface area contributed by atoms with Gasteiger partial charge in [0.15, 0.2) is 0 Å². The second kappa shape index (κ2) is 3.67. The van der Waals surface area contributed by atoms with E-state index in [1.807, 2.05) is 0 Å². The van der Waals surface area contributed by atoms with Crippen LogP contribution in [0.2, 0.25) is 0 Å². The minimum atomic E-state index is -1.42. The summed E-state index contributed by atoms with van der Waals surface area (Å²) >= 11 is 3.20. The van der Waals surface area contributed by atoms with Crippen LogP contribution in [0.15, 0.2) is 16.9 Å². The quantitative estimate of drug-likeness (QED) is 0.787. The third-order valence-electron chi connectivity index (χ3n) is 2.08. The van der Waals surface area contributed by atoms with Crippen molar-refractivity contribution >= 4 is 21.9 Å². The van der Waals surface area contributed by atoms with Crippen LogP contribution in [0.5, 0.6) is 0 Å². The van der Waals surface area contributed by atoms with Crippen molar-refractivity contribution in [2.75, 3.05) is 0 Å². The average Bonchev–Trinajstić information content (AvgIpc) is 2.02. The molecule has 1 aromatic heterocycles. The first-order valence-corrected chi connectivity index (χ1v) is 4.80. The Kier molecular flexibility index (Phi) is 2.92. The zero-order valence-corrected chi connectivity index (χ0v) is 9.50. The number of carboxylic acids is 1. The molecule has 0 saturated carbocycles. The van der Waals surface area contributed by atoms with Gasteiger partial charge in [0.05, 0.1) is 0 Å². The van der Waals surface area contributed by atoms with Crippen LogP contribution in [0.1, 0.15) is 18.1 Å². The van der Waals surface area contributed by atoms with Gasteiger partial charge in [0.25, 0.3) is 0 Å². The third kappa shape index (κ3) is 1.78. The molecule has 0 aliphatic rings. The van der Waals surface area contributed by atoms with Crippen molar-refractivity contribution in [3.63, 3.8) is 0 Å². The molecule has 0 fully saturated rings. The van der Waals surface area contributed by atoms with Gasteiger partial charge in [-0.05, 0) is 41.4 Å². The Morgan fingerprint density at radius 2 is 2.29 bits per heavy atom. The van der Waals surface area contributed by atoms with Crippen molar-refractivity contribution in [3.8, 4) is 0 Å². The fraction of sp³-hybridized carbons (Fsp3) is 0.333. The van der Waals surface area contributed by atoms with E-state index in [1.54, 1.807) is 19.2 Å². The van der Waals surface area contributed by atoms with E-state index < -0.39 is 11.5 Å². The van der Waals surface area contributed by atoms with Crippen LogP contribution in [-0.4, -0.2) is 16.1 Å². The Morgan fingerprint density at radius 1 is 1.71 bits per heavy atom. The summed E-state index contributed by atoms with van der Waals surface area (Å²) in [5, 5.41) is 8.97. The van der Waals surface area contributed by atoms with E-state index in [9.17, 15) is 4.79 Å². The minimum Gasteiger partial charge on any atom is -0.480 e. The number of halogens is 1. The van der Waals surface area contributed by atoms with Gasteiger partial charge >= 0.3 is 5.97 Å². The van der Waals surface area contributed by atoms with Crippen molar-refractivity contribution in [2.24, 2.45) is 5.73 Å². The lowest BCUT2D eigenvalue weighted by molar-refractivity contribution is -0.143. The Balaban J connectivity index is 3.38. The molecule has 14 heavy (non-hydrogen) atoms. The number of hydrogen-bond donors (Lipinski definition) is 2. The number of nitrogens with zero attached hydrogens (tertiary/aromatic N) is 1. The Hall–Kier alpha value is -0.940. The topological polar surface area (TPSA) is 76.2 Å². The van der Waals surface area contributed by atoms with Crippen molar-refractivity contribution in [1.29, 1.82) is 0 Å². The number of aryl methyl sites for hydroxylation is 1. The average molecular weight is 259 g/mol. The van der Waals surface area contributed by atoms with Crippen LogP contribution in [0.4, 0.5) is 0 Å². The Bertz CT molecular complexity index is 357. The van der Waals surface area contributed by atoms with Gasteiger partial charge in [-0.1, -0.05) is 0 Å². The molecule has 4 nitrogen and oxygen atoms in total. The largest absolute Gasteiger partial charge is 0.480 e. The first-order chi connectivity index (χ1) is 6.37. The maximum absolute atomic E-state index is 11.0. The lowest BCUT2D eigenvalue weighted by Gasteiger charge is -2.22. The Morgan fingerprint density at radius 3 is 2.71 bits per heavy atom. The molecule has 0 saturated heterocycles. The summed E-state index contributed by atoms with van der Waals surface area (Å²) in [5.41, 5.74) is 5.61. The molecule has 0 aliphatic carbocycles. The predicted molar refractivity (Wildman–Crippen MR) is 55.8 cm³/mol. The maximum Gasteiger partial charge on any atom is 0.328 e. The van der Waals surface area contributed by atoms with Gasteiger partial charge in [-0.2, -0.15) is 0 Å². The van der Waals surface area contributed by atoms with Gasteiger partial charge in [0, 0.05) is 11.8 Å². The third-order valence-corrected chi connectivity index (χ3v) is 2.68. The zero-order chi connectivity index (χ0) is 10.9. The maximum atomic E-state index is 11.0. The zero-order valence-electron chi connectivity index (χ0n) is 7.91. The molecule has 76 valence electrons. The summed E-state index contributed by atoms with van der Waals surface area (Å²) in [7, 11) is 0. The summed E-state index contributed by atoms with van der Waals surface area (Å²) in [6.45, 7) is 3.25. The molecule has 0 unspecified atom stereocenters. The summed E-state index contributed by atoms with van der Waals surface area (Å²) in [6.07, 6.45) is 1.60. The van der Waals surface area contributed by atoms with E-state index in [-0.39, 0.29) is 0 Å². The van der Waals surface area contributed by atoms with Crippen LogP contribution in [0.25, 0.3) is 0 Å². The molecule has 1 aromatic rings. The van der Waals surface area contributed by atoms with E-state index in [1.165, 1.54) is 6.92 Å². The molecule has 0 aliphatic heterocycles. The smallest absolute Gasteiger partial charge is 0.328 e. The number of carbonyl (C=O) groups is 1. The van der Waals surface area contributed by atoms with Gasteiger partial charge in [0.1, 0.15) is 10.1 Å². The molecular weight excluding hydrogens is 248 g/mol. The van der Waals surface area contributed by atoms with Gasteiger partial charge in [0.2, 0.25) is 0 Å². The summed E-state index contributed by atoms with van der Waals surface area (Å²) in [4.78, 5) is 14.9. The first-order valence-electron chi connectivity index (χ1n) is 4.01.